The molecule has 23 heteroatoms. The summed E-state index contributed by atoms with van der Waals surface area (Å²) >= 11 is 17.8. The molecule has 11 rings (SSSR count). The molecule has 2 unspecified atom stereocenters. The van der Waals surface area contributed by atoms with Crippen LogP contribution in [0.1, 0.15) is 203 Å². The van der Waals surface area contributed by atoms with Crippen molar-refractivity contribution in [3.05, 3.63) is 106 Å². The van der Waals surface area contributed by atoms with Gasteiger partial charge in [0.15, 0.2) is 23.8 Å². The van der Waals surface area contributed by atoms with E-state index in [2.05, 4.69) is 9.97 Å². The van der Waals surface area contributed by atoms with Crippen LogP contribution in [0.4, 0.5) is 0 Å². The van der Waals surface area contributed by atoms with Crippen molar-refractivity contribution < 1.29 is 68.2 Å². The molecule has 4 aromatic carbocycles. The molecule has 0 bridgehead atoms. The van der Waals surface area contributed by atoms with Crippen molar-refractivity contribution >= 4 is 104 Å². The number of carbonyl (C=O) groups is 5. The van der Waals surface area contributed by atoms with Gasteiger partial charge in [-0.1, -0.05) is 112 Å². The van der Waals surface area contributed by atoms with Crippen molar-refractivity contribution in [1.82, 2.24) is 9.97 Å². The highest BCUT2D eigenvalue weighted by Gasteiger charge is 2.28. The van der Waals surface area contributed by atoms with Crippen LogP contribution in [0.5, 0.6) is 34.6 Å². The summed E-state index contributed by atoms with van der Waals surface area (Å²) in [7, 11) is -8.09. The molecule has 6 fully saturated rings. The van der Waals surface area contributed by atoms with Crippen molar-refractivity contribution in [1.29, 1.82) is 0 Å². The van der Waals surface area contributed by atoms with Gasteiger partial charge < -0.3 is 18.9 Å². The minimum absolute atomic E-state index is 0.00231. The number of halogens is 3. The molecule has 0 spiro atoms. The number of aromatic nitrogens is 2. The second kappa shape index (κ2) is 41.8. The van der Waals surface area contributed by atoms with Crippen LogP contribution in [-0.2, 0) is 53.5 Å². The second-order valence-corrected chi connectivity index (χ2v) is 34.0. The van der Waals surface area contributed by atoms with Crippen LogP contribution >= 0.6 is 34.8 Å². The van der Waals surface area contributed by atoms with Gasteiger partial charge in [-0.05, 0) is 210 Å². The summed E-state index contributed by atoms with van der Waals surface area (Å²) in [6, 6.07) is 24.2. The summed E-state index contributed by atoms with van der Waals surface area (Å²) in [4.78, 5) is 62.9. The minimum Gasteiger partial charge on any atom is -0.483 e. The number of carbonyl (C=O) groups excluding carboxylic acids is 5. The first kappa shape index (κ1) is 82.9. The van der Waals surface area contributed by atoms with E-state index in [9.17, 15) is 49.2 Å². The van der Waals surface area contributed by atoms with Gasteiger partial charge in [-0.25, -0.2) is 35.2 Å². The molecule has 0 radical (unpaired) electrons. The van der Waals surface area contributed by atoms with Crippen molar-refractivity contribution in [2.24, 2.45) is 17.8 Å². The Hall–Kier alpha value is -5.51. The zero-order valence-corrected chi connectivity index (χ0v) is 62.3. The van der Waals surface area contributed by atoms with Crippen molar-refractivity contribution in [2.75, 3.05) is 18.8 Å². The number of hydrogen-bond acceptors (Lipinski definition) is 17. The highest BCUT2D eigenvalue weighted by Crippen LogP contribution is 2.34. The Bertz CT molecular complexity index is 3600. The van der Waals surface area contributed by atoms with E-state index >= 15 is 0 Å². The SMILES string of the molecule is CC(=O)C(C)Oc1ccc(Oc2ccc(Cl)cc2Cl)cc1.CC(=O)C(C)Oc1ccc(Oc2cnc3cc(Cl)ccc3n2)cc1.CC(=O)C1CCC1.CC(=O)C1CCCC1.CC(=O)C1CCCCC1.CS(=O)(=O)C1CCC1.CS(=O)(=O)C1CCCC1.CS(=O)(=O)C1CCCCC1. The van der Waals surface area contributed by atoms with Gasteiger partial charge >= 0.3 is 0 Å². The number of ketones is 5. The van der Waals surface area contributed by atoms with Gasteiger partial charge in [0, 0.05) is 46.6 Å². The Labute approximate surface area is 586 Å². The van der Waals surface area contributed by atoms with Gasteiger partial charge in [0.05, 0.1) is 38.0 Å². The molecule has 6 saturated carbocycles. The summed E-state index contributed by atoms with van der Waals surface area (Å²) < 4.78 is 87.2. The molecule has 1 aromatic heterocycles. The molecular weight excluding hydrogens is 1350 g/mol. The lowest BCUT2D eigenvalue weighted by atomic mass is 9.83. The molecule has 2 atom stereocenters. The zero-order chi connectivity index (χ0) is 71.2. The van der Waals surface area contributed by atoms with Crippen LogP contribution in [0.15, 0.2) is 91.1 Å². The molecule has 96 heavy (non-hydrogen) atoms. The number of ether oxygens (including phenoxy) is 4. The Balaban J connectivity index is 0.000000245. The first-order valence-electron chi connectivity index (χ1n) is 33.5. The fourth-order valence-electron chi connectivity index (χ4n) is 10.8. The van der Waals surface area contributed by atoms with Gasteiger partial charge in [0.25, 0.3) is 0 Å². The standard InChI is InChI=1S/C18H15ClN2O3.C16H14Cl2O3.C8H14O.C7H14O2S.C7H12O.C6H12O2S.C6H10O.C5H10O2S/c1-11(22)12(2)23-14-4-6-15(7-5-14)24-18-10-20-17-9-13(19)3-8-16(17)21-18;1-10(19)11(2)20-13-4-6-14(7-5-13)21-16-8-3-12(17)9-15(16)18;1-7(9)8-5-3-2-4-6-8;1-10(8,9)7-5-3-2-4-6-7;1-6(8)7-4-2-3-5-7;1-9(7,8)6-4-2-3-5-6;1-5(7)6-3-2-4-6;1-8(6,7)5-3-2-4-5/h3-10,12H,1-2H3;3-9,11H,1-2H3;8H,2-6H2,1H3;7H,2-6H2,1H3;7H,2-5H2,1H3;6H,2-5H2,1H3;6H,2-4H2,1H3;5H,2-4H2,1H3. The summed E-state index contributed by atoms with van der Waals surface area (Å²) in [5, 5.41) is 1.56. The third kappa shape index (κ3) is 32.0. The van der Waals surface area contributed by atoms with Crippen LogP contribution in [0.25, 0.3) is 11.0 Å². The Kier molecular flexibility index (Phi) is 36.1. The molecule has 6 aliphatic carbocycles. The molecule has 0 aliphatic heterocycles. The summed E-state index contributed by atoms with van der Waals surface area (Å²) in [6.07, 6.45) is 31.2. The smallest absolute Gasteiger partial charge is 0.238 e. The molecule has 0 amide bonds. The highest BCUT2D eigenvalue weighted by atomic mass is 35.5. The number of rotatable bonds is 16. The van der Waals surface area contributed by atoms with Gasteiger partial charge in [0.2, 0.25) is 5.88 Å². The Morgan fingerprint density at radius 3 is 1.05 bits per heavy atom. The maximum Gasteiger partial charge on any atom is 0.238 e. The highest BCUT2D eigenvalue weighted by molar-refractivity contribution is 7.91. The lowest BCUT2D eigenvalue weighted by Gasteiger charge is -2.22. The Morgan fingerprint density at radius 2 is 0.729 bits per heavy atom. The summed E-state index contributed by atoms with van der Waals surface area (Å²) in [5.74, 6) is 5.73. The Morgan fingerprint density at radius 1 is 0.406 bits per heavy atom. The largest absolute Gasteiger partial charge is 0.483 e. The van der Waals surface area contributed by atoms with E-state index < -0.39 is 41.7 Å². The van der Waals surface area contributed by atoms with Gasteiger partial charge in [-0.2, -0.15) is 0 Å². The second-order valence-electron chi connectivity index (χ2n) is 25.8. The lowest BCUT2D eigenvalue weighted by molar-refractivity contribution is -0.123. The van der Waals surface area contributed by atoms with E-state index in [1.165, 1.54) is 77.6 Å². The molecule has 6 aliphatic rings. The lowest BCUT2D eigenvalue weighted by Crippen LogP contribution is -2.26. The number of Topliss-reactive ketones (excluding diaryl/α,β-unsaturated/α-hetero) is 5. The van der Waals surface area contributed by atoms with E-state index in [1.54, 1.807) is 126 Å². The number of sulfone groups is 3. The average Bonchev–Trinajstić information content (AvgIpc) is 1.00. The van der Waals surface area contributed by atoms with Crippen LogP contribution in [0.3, 0.4) is 0 Å². The first-order chi connectivity index (χ1) is 45.2. The molecule has 0 saturated heterocycles. The summed E-state index contributed by atoms with van der Waals surface area (Å²) in [5.41, 5.74) is 1.41. The number of benzene rings is 4. The molecular formula is C73H101Cl3N2O15S3. The molecule has 1 heterocycles. The van der Waals surface area contributed by atoms with E-state index in [0.717, 1.165) is 109 Å². The van der Waals surface area contributed by atoms with Crippen molar-refractivity contribution in [3.8, 4) is 34.6 Å². The fourth-order valence-corrected chi connectivity index (χ4v) is 15.0. The fraction of sp³-hybridized carbons (Fsp3) is 0.575. The third-order valence-electron chi connectivity index (χ3n) is 17.8. The third-order valence-corrected chi connectivity index (χ3v) is 23.6. The normalized spacial score (nSPS) is 17.4. The van der Waals surface area contributed by atoms with Gasteiger partial charge in [-0.15, -0.1) is 0 Å². The molecule has 532 valence electrons. The van der Waals surface area contributed by atoms with Crippen LogP contribution in [0.2, 0.25) is 15.1 Å². The quantitative estimate of drug-likeness (QED) is 0.0890. The van der Waals surface area contributed by atoms with E-state index in [-0.39, 0.29) is 27.3 Å². The molecule has 0 N–H and O–H groups in total. The topological polar surface area (TPSA) is 250 Å². The monoisotopic (exact) mass is 1450 g/mol. The minimum atomic E-state index is -2.73. The van der Waals surface area contributed by atoms with Gasteiger partial charge in [-0.3, -0.25) is 24.0 Å². The van der Waals surface area contributed by atoms with Crippen LogP contribution in [0, 0.1) is 17.8 Å². The van der Waals surface area contributed by atoms with E-state index in [0.29, 0.717) is 95.8 Å². The maximum atomic E-state index is 11.2. The predicted octanol–water partition coefficient (Wildman–Crippen LogP) is 17.8. The number of hydrogen-bond donors (Lipinski definition) is 0. The molecule has 17 nitrogen and oxygen atoms in total. The maximum absolute atomic E-state index is 11.2. The van der Waals surface area contributed by atoms with Crippen molar-refractivity contribution in [3.63, 3.8) is 0 Å². The van der Waals surface area contributed by atoms with E-state index in [1.807, 2.05) is 0 Å². The first-order valence-corrected chi connectivity index (χ1v) is 40.5. The molecule has 5 aromatic rings. The average molecular weight is 1450 g/mol. The van der Waals surface area contributed by atoms with Crippen LogP contribution in [-0.4, -0.2) is 111 Å². The zero-order valence-electron chi connectivity index (χ0n) is 57.6. The number of nitrogens with zero attached hydrogens (tertiary/aromatic N) is 2. The van der Waals surface area contributed by atoms with Gasteiger partial charge in [0.1, 0.15) is 75.6 Å². The van der Waals surface area contributed by atoms with Crippen molar-refractivity contribution in [2.45, 2.75) is 231 Å². The van der Waals surface area contributed by atoms with E-state index in [4.69, 9.17) is 53.8 Å². The predicted molar refractivity (Wildman–Crippen MR) is 385 cm³/mol. The van der Waals surface area contributed by atoms with Crippen LogP contribution < -0.4 is 18.9 Å². The summed E-state index contributed by atoms with van der Waals surface area (Å²) in [6.45, 7) is 11.5. The number of fused-ring (bicyclic) bond motifs is 1.